The smallest absolute Gasteiger partial charge is 0.309 e. The number of ether oxygens (including phenoxy) is 1. The number of carbonyl (C=O) groups excluding carboxylic acids is 1. The van der Waals surface area contributed by atoms with Crippen LogP contribution in [0.4, 0.5) is 0 Å². The predicted octanol–water partition coefficient (Wildman–Crippen LogP) is -0.882. The molecule has 0 unspecified atom stereocenters. The number of rotatable bonds is 4. The minimum atomic E-state index is -1.56. The van der Waals surface area contributed by atoms with Crippen molar-refractivity contribution in [1.82, 2.24) is 0 Å². The SMILES string of the molecule is O=C1C[C@H](O)[C@H]([C@H](O)[C@H](O)[C@H](O)c2ccccc2)O1. The lowest BCUT2D eigenvalue weighted by Crippen LogP contribution is -2.45. The number of esters is 1. The van der Waals surface area contributed by atoms with Gasteiger partial charge in [0.15, 0.2) is 6.10 Å². The average molecular weight is 268 g/mol. The van der Waals surface area contributed by atoms with Gasteiger partial charge >= 0.3 is 5.97 Å². The molecule has 1 saturated heterocycles. The maximum absolute atomic E-state index is 11.0. The highest BCUT2D eigenvalue weighted by Crippen LogP contribution is 2.25. The van der Waals surface area contributed by atoms with Gasteiger partial charge < -0.3 is 25.2 Å². The van der Waals surface area contributed by atoms with Gasteiger partial charge in [-0.25, -0.2) is 0 Å². The Hall–Kier alpha value is -1.47. The summed E-state index contributed by atoms with van der Waals surface area (Å²) in [5, 5.41) is 39.3. The van der Waals surface area contributed by atoms with Crippen molar-refractivity contribution in [3.05, 3.63) is 35.9 Å². The number of hydrogen-bond donors (Lipinski definition) is 4. The van der Waals surface area contributed by atoms with Crippen LogP contribution in [0, 0.1) is 0 Å². The molecule has 1 heterocycles. The Labute approximate surface area is 109 Å². The molecule has 2 rings (SSSR count). The summed E-state index contributed by atoms with van der Waals surface area (Å²) in [6.45, 7) is 0. The van der Waals surface area contributed by atoms with Crippen LogP contribution in [0.3, 0.4) is 0 Å². The number of aliphatic hydroxyl groups excluding tert-OH is 4. The molecule has 5 atom stereocenters. The second kappa shape index (κ2) is 5.66. The molecule has 6 nitrogen and oxygen atoms in total. The van der Waals surface area contributed by atoms with Gasteiger partial charge in [-0.15, -0.1) is 0 Å². The van der Waals surface area contributed by atoms with Crippen molar-refractivity contribution in [2.45, 2.75) is 36.9 Å². The predicted molar refractivity (Wildman–Crippen MR) is 63.9 cm³/mol. The van der Waals surface area contributed by atoms with Gasteiger partial charge in [0.25, 0.3) is 0 Å². The van der Waals surface area contributed by atoms with Crippen molar-refractivity contribution in [2.75, 3.05) is 0 Å². The summed E-state index contributed by atoms with van der Waals surface area (Å²) in [7, 11) is 0. The Morgan fingerprint density at radius 2 is 1.79 bits per heavy atom. The molecular weight excluding hydrogens is 252 g/mol. The first-order chi connectivity index (χ1) is 9.00. The molecule has 4 N–H and O–H groups in total. The van der Waals surface area contributed by atoms with E-state index < -0.39 is 36.5 Å². The minimum absolute atomic E-state index is 0.226. The van der Waals surface area contributed by atoms with Gasteiger partial charge in [-0.1, -0.05) is 30.3 Å². The van der Waals surface area contributed by atoms with E-state index in [1.807, 2.05) is 0 Å². The highest BCUT2D eigenvalue weighted by molar-refractivity contribution is 5.72. The Kier molecular flexibility index (Phi) is 4.16. The molecule has 0 bridgehead atoms. The second-order valence-electron chi connectivity index (χ2n) is 4.56. The standard InChI is InChI=1S/C13H16O6/c14-8-6-9(15)19-13(8)12(18)11(17)10(16)7-4-2-1-3-5-7/h1-5,8,10-14,16-18H,6H2/t8-,10+,11+,12+,13+/m0/s1. The quantitative estimate of drug-likeness (QED) is 0.528. The lowest BCUT2D eigenvalue weighted by Gasteiger charge is -2.27. The summed E-state index contributed by atoms with van der Waals surface area (Å²) >= 11 is 0. The zero-order chi connectivity index (χ0) is 14.0. The van der Waals surface area contributed by atoms with Crippen LogP contribution in [0.25, 0.3) is 0 Å². The summed E-state index contributed by atoms with van der Waals surface area (Å²) in [4.78, 5) is 11.0. The molecule has 1 fully saturated rings. The lowest BCUT2D eigenvalue weighted by molar-refractivity contribution is -0.157. The third-order valence-electron chi connectivity index (χ3n) is 3.17. The maximum Gasteiger partial charge on any atom is 0.309 e. The van der Waals surface area contributed by atoms with Gasteiger partial charge in [0.05, 0.1) is 6.42 Å². The molecule has 0 spiro atoms. The van der Waals surface area contributed by atoms with E-state index >= 15 is 0 Å². The Bertz CT molecular complexity index is 434. The third kappa shape index (κ3) is 2.93. The molecule has 0 amide bonds. The van der Waals surface area contributed by atoms with Crippen LogP contribution in [-0.2, 0) is 9.53 Å². The van der Waals surface area contributed by atoms with E-state index in [0.717, 1.165) is 0 Å². The highest BCUT2D eigenvalue weighted by atomic mass is 16.6. The largest absolute Gasteiger partial charge is 0.457 e. The van der Waals surface area contributed by atoms with E-state index in [9.17, 15) is 25.2 Å². The summed E-state index contributed by atoms with van der Waals surface area (Å²) in [6.07, 6.45) is -7.08. The van der Waals surface area contributed by atoms with Crippen molar-refractivity contribution in [1.29, 1.82) is 0 Å². The molecule has 0 radical (unpaired) electrons. The number of carbonyl (C=O) groups is 1. The van der Waals surface area contributed by atoms with Crippen LogP contribution in [0.15, 0.2) is 30.3 Å². The monoisotopic (exact) mass is 268 g/mol. The van der Waals surface area contributed by atoms with E-state index in [2.05, 4.69) is 0 Å². The lowest BCUT2D eigenvalue weighted by atomic mass is 9.95. The van der Waals surface area contributed by atoms with Crippen molar-refractivity contribution < 1.29 is 30.0 Å². The Morgan fingerprint density at radius 3 is 2.32 bits per heavy atom. The first-order valence-corrected chi connectivity index (χ1v) is 5.97. The maximum atomic E-state index is 11.0. The van der Waals surface area contributed by atoms with Crippen molar-refractivity contribution >= 4 is 5.97 Å². The van der Waals surface area contributed by atoms with E-state index in [-0.39, 0.29) is 6.42 Å². The topological polar surface area (TPSA) is 107 Å². The number of aliphatic hydroxyl groups is 4. The Balaban J connectivity index is 2.07. The first-order valence-electron chi connectivity index (χ1n) is 5.97. The normalized spacial score (nSPS) is 27.7. The number of hydrogen-bond acceptors (Lipinski definition) is 6. The number of cyclic esters (lactones) is 1. The molecule has 0 aliphatic carbocycles. The molecule has 104 valence electrons. The molecule has 1 aliphatic rings. The van der Waals surface area contributed by atoms with Gasteiger partial charge in [0.1, 0.15) is 24.4 Å². The van der Waals surface area contributed by atoms with E-state index in [0.29, 0.717) is 5.56 Å². The van der Waals surface area contributed by atoms with Crippen molar-refractivity contribution in [3.8, 4) is 0 Å². The number of benzene rings is 1. The van der Waals surface area contributed by atoms with Crippen LogP contribution in [0.2, 0.25) is 0 Å². The fourth-order valence-corrected chi connectivity index (χ4v) is 2.09. The van der Waals surface area contributed by atoms with Crippen LogP contribution >= 0.6 is 0 Å². The average Bonchev–Trinajstić information content (AvgIpc) is 2.76. The highest BCUT2D eigenvalue weighted by Gasteiger charge is 2.43. The molecule has 19 heavy (non-hydrogen) atoms. The molecule has 1 aromatic carbocycles. The van der Waals surface area contributed by atoms with E-state index in [1.165, 1.54) is 0 Å². The third-order valence-corrected chi connectivity index (χ3v) is 3.17. The van der Waals surface area contributed by atoms with E-state index in [4.69, 9.17) is 4.74 Å². The first kappa shape index (κ1) is 14.0. The van der Waals surface area contributed by atoms with Gasteiger partial charge in [-0.05, 0) is 5.56 Å². The summed E-state index contributed by atoms with van der Waals surface area (Å²) in [5.74, 6) is -0.641. The van der Waals surface area contributed by atoms with Gasteiger partial charge in [-0.2, -0.15) is 0 Å². The van der Waals surface area contributed by atoms with Crippen LogP contribution < -0.4 is 0 Å². The van der Waals surface area contributed by atoms with Crippen molar-refractivity contribution in [3.63, 3.8) is 0 Å². The molecule has 1 aliphatic heterocycles. The summed E-state index contributed by atoms with van der Waals surface area (Å²) in [5.41, 5.74) is 0.424. The van der Waals surface area contributed by atoms with Crippen LogP contribution in [0.1, 0.15) is 18.1 Å². The summed E-state index contributed by atoms with van der Waals surface area (Å²) in [6, 6.07) is 8.31. The van der Waals surface area contributed by atoms with Crippen LogP contribution in [0.5, 0.6) is 0 Å². The molecule has 1 aromatic rings. The molecule has 0 aromatic heterocycles. The molecular formula is C13H16O6. The Morgan fingerprint density at radius 1 is 1.16 bits per heavy atom. The summed E-state index contributed by atoms with van der Waals surface area (Å²) < 4.78 is 4.73. The zero-order valence-electron chi connectivity index (χ0n) is 10.1. The fraction of sp³-hybridized carbons (Fsp3) is 0.462. The second-order valence-corrected chi connectivity index (χ2v) is 4.56. The van der Waals surface area contributed by atoms with Gasteiger partial charge in [0, 0.05) is 0 Å². The van der Waals surface area contributed by atoms with Crippen LogP contribution in [-0.4, -0.2) is 50.8 Å². The van der Waals surface area contributed by atoms with Crippen molar-refractivity contribution in [2.24, 2.45) is 0 Å². The minimum Gasteiger partial charge on any atom is -0.457 e. The molecule has 6 heteroatoms. The fourth-order valence-electron chi connectivity index (χ4n) is 2.09. The van der Waals surface area contributed by atoms with Gasteiger partial charge in [-0.3, -0.25) is 4.79 Å². The molecule has 0 saturated carbocycles. The van der Waals surface area contributed by atoms with Gasteiger partial charge in [0.2, 0.25) is 0 Å². The van der Waals surface area contributed by atoms with E-state index in [1.54, 1.807) is 30.3 Å². The zero-order valence-corrected chi connectivity index (χ0v) is 10.1.